The van der Waals surface area contributed by atoms with Crippen LogP contribution in [-0.4, -0.2) is 55.3 Å². The zero-order valence-electron chi connectivity index (χ0n) is 17.9. The molecule has 0 bridgehead atoms. The van der Waals surface area contributed by atoms with Crippen molar-refractivity contribution in [3.8, 4) is 5.75 Å². The van der Waals surface area contributed by atoms with Gasteiger partial charge in [-0.3, -0.25) is 14.6 Å². The molecule has 1 aromatic carbocycles. The van der Waals surface area contributed by atoms with Crippen molar-refractivity contribution in [1.82, 2.24) is 15.3 Å². The maximum absolute atomic E-state index is 12.5. The quantitative estimate of drug-likeness (QED) is 0.638. The number of nitrogens with one attached hydrogen (secondary N) is 2. The van der Waals surface area contributed by atoms with Crippen LogP contribution in [0.2, 0.25) is 0 Å². The first-order valence-electron chi connectivity index (χ1n) is 10.3. The smallest absolute Gasteiger partial charge is 0.255 e. The van der Waals surface area contributed by atoms with E-state index in [9.17, 15) is 9.59 Å². The van der Waals surface area contributed by atoms with E-state index < -0.39 is 0 Å². The van der Waals surface area contributed by atoms with Gasteiger partial charge in [-0.2, -0.15) is 0 Å². The van der Waals surface area contributed by atoms with E-state index in [-0.39, 0.29) is 17.9 Å². The molecule has 1 amide bonds. The number of H-pyrrole nitrogens is 1. The van der Waals surface area contributed by atoms with Crippen molar-refractivity contribution >= 4 is 11.9 Å². The van der Waals surface area contributed by atoms with Gasteiger partial charge in [-0.05, 0) is 38.3 Å². The van der Waals surface area contributed by atoms with Gasteiger partial charge in [0, 0.05) is 30.8 Å². The molecule has 1 aromatic heterocycles. The lowest BCUT2D eigenvalue weighted by molar-refractivity contribution is -0.121. The third kappa shape index (κ3) is 5.60. The number of aromatic amines is 1. The van der Waals surface area contributed by atoms with Crippen LogP contribution in [0.4, 0.5) is 5.95 Å². The summed E-state index contributed by atoms with van der Waals surface area (Å²) in [5, 5.41) is 2.85. The van der Waals surface area contributed by atoms with Crippen LogP contribution in [0.25, 0.3) is 0 Å². The number of nitrogens with zero attached hydrogens (tertiary/aromatic N) is 2. The molecular formula is C22H30N4O4. The molecule has 0 aliphatic carbocycles. The van der Waals surface area contributed by atoms with Gasteiger partial charge in [-0.15, -0.1) is 0 Å². The van der Waals surface area contributed by atoms with Crippen LogP contribution in [-0.2, 0) is 16.0 Å². The summed E-state index contributed by atoms with van der Waals surface area (Å²) in [7, 11) is 0. The van der Waals surface area contributed by atoms with E-state index in [1.165, 1.54) is 0 Å². The molecule has 1 saturated heterocycles. The van der Waals surface area contributed by atoms with Crippen molar-refractivity contribution in [2.75, 3.05) is 44.4 Å². The van der Waals surface area contributed by atoms with Gasteiger partial charge in [0.2, 0.25) is 11.9 Å². The topological polar surface area (TPSA) is 96.5 Å². The second kappa shape index (κ2) is 10.2. The minimum absolute atomic E-state index is 0.115. The van der Waals surface area contributed by atoms with Gasteiger partial charge in [0.25, 0.3) is 5.56 Å². The molecule has 8 nitrogen and oxygen atoms in total. The third-order valence-corrected chi connectivity index (χ3v) is 5.20. The fourth-order valence-corrected chi connectivity index (χ4v) is 3.51. The molecule has 30 heavy (non-hydrogen) atoms. The number of amides is 1. The van der Waals surface area contributed by atoms with Crippen LogP contribution in [0.1, 0.15) is 28.8 Å². The molecule has 0 radical (unpaired) electrons. The number of anilines is 1. The minimum atomic E-state index is -0.185. The largest absolute Gasteiger partial charge is 0.491 e. The summed E-state index contributed by atoms with van der Waals surface area (Å²) in [4.78, 5) is 34.0. The zero-order chi connectivity index (χ0) is 21.5. The number of aromatic nitrogens is 2. The van der Waals surface area contributed by atoms with Crippen molar-refractivity contribution in [2.45, 2.75) is 33.6 Å². The molecule has 0 atom stereocenters. The van der Waals surface area contributed by atoms with Crippen LogP contribution in [0.3, 0.4) is 0 Å². The average Bonchev–Trinajstić information content (AvgIpc) is 2.72. The SMILES string of the molecule is Cc1cccc(C)c1OCCNC(=O)CCc1c(C)nc(N2CCOCC2)[nH]c1=O. The Kier molecular flexibility index (Phi) is 7.46. The van der Waals surface area contributed by atoms with Gasteiger partial charge in [-0.1, -0.05) is 18.2 Å². The van der Waals surface area contributed by atoms with Crippen LogP contribution in [0, 0.1) is 20.8 Å². The van der Waals surface area contributed by atoms with E-state index in [1.807, 2.05) is 43.9 Å². The highest BCUT2D eigenvalue weighted by Crippen LogP contribution is 2.21. The number of carbonyl (C=O) groups excluding carboxylic acids is 1. The molecule has 1 fully saturated rings. The summed E-state index contributed by atoms with van der Waals surface area (Å²) in [6, 6.07) is 5.99. The Morgan fingerprint density at radius 3 is 2.60 bits per heavy atom. The summed E-state index contributed by atoms with van der Waals surface area (Å²) in [5.41, 5.74) is 3.17. The van der Waals surface area contributed by atoms with E-state index in [0.717, 1.165) is 16.9 Å². The van der Waals surface area contributed by atoms with Gasteiger partial charge >= 0.3 is 0 Å². The summed E-state index contributed by atoms with van der Waals surface area (Å²) < 4.78 is 11.1. The third-order valence-electron chi connectivity index (χ3n) is 5.20. The number of hydrogen-bond acceptors (Lipinski definition) is 6. The van der Waals surface area contributed by atoms with Crippen molar-refractivity contribution < 1.29 is 14.3 Å². The van der Waals surface area contributed by atoms with E-state index in [1.54, 1.807) is 0 Å². The first kappa shape index (κ1) is 21.8. The molecule has 0 unspecified atom stereocenters. The van der Waals surface area contributed by atoms with Gasteiger partial charge < -0.3 is 19.7 Å². The van der Waals surface area contributed by atoms with Gasteiger partial charge in [0.05, 0.1) is 19.8 Å². The second-order valence-electron chi connectivity index (χ2n) is 7.47. The highest BCUT2D eigenvalue weighted by molar-refractivity contribution is 5.76. The predicted octanol–water partition coefficient (Wildman–Crippen LogP) is 1.66. The lowest BCUT2D eigenvalue weighted by atomic mass is 10.1. The van der Waals surface area contributed by atoms with E-state index in [2.05, 4.69) is 15.3 Å². The standard InChI is InChI=1S/C22H30N4O4/c1-15-5-4-6-16(2)20(15)30-12-9-23-19(27)8-7-18-17(3)24-22(25-21(18)28)26-10-13-29-14-11-26/h4-6H,7-14H2,1-3H3,(H,23,27)(H,24,25,28). The molecule has 0 saturated carbocycles. The first-order chi connectivity index (χ1) is 14.5. The molecule has 162 valence electrons. The number of benzene rings is 1. The molecular weight excluding hydrogens is 384 g/mol. The highest BCUT2D eigenvalue weighted by atomic mass is 16.5. The van der Waals surface area contributed by atoms with Crippen molar-refractivity contribution in [3.63, 3.8) is 0 Å². The van der Waals surface area contributed by atoms with Gasteiger partial charge in [-0.25, -0.2) is 4.98 Å². The highest BCUT2D eigenvalue weighted by Gasteiger charge is 2.16. The van der Waals surface area contributed by atoms with E-state index in [4.69, 9.17) is 9.47 Å². The molecule has 2 N–H and O–H groups in total. The molecule has 2 aromatic rings. The number of para-hydroxylation sites is 1. The van der Waals surface area contributed by atoms with Crippen molar-refractivity contribution in [1.29, 1.82) is 0 Å². The normalized spacial score (nSPS) is 13.9. The predicted molar refractivity (Wildman–Crippen MR) is 115 cm³/mol. The van der Waals surface area contributed by atoms with E-state index >= 15 is 0 Å². The molecule has 2 heterocycles. The Hall–Kier alpha value is -2.87. The van der Waals surface area contributed by atoms with Gasteiger partial charge in [0.15, 0.2) is 0 Å². The fraction of sp³-hybridized carbons (Fsp3) is 0.500. The summed E-state index contributed by atoms with van der Waals surface area (Å²) in [6.45, 7) is 9.27. The van der Waals surface area contributed by atoms with E-state index in [0.29, 0.717) is 63.1 Å². The number of hydrogen-bond donors (Lipinski definition) is 2. The van der Waals surface area contributed by atoms with Crippen LogP contribution < -0.4 is 20.5 Å². The maximum Gasteiger partial charge on any atom is 0.255 e. The molecule has 1 aliphatic rings. The first-order valence-corrected chi connectivity index (χ1v) is 10.3. The Morgan fingerprint density at radius 2 is 1.93 bits per heavy atom. The Balaban J connectivity index is 1.47. The summed E-state index contributed by atoms with van der Waals surface area (Å²) in [5.74, 6) is 1.31. The number of carbonyl (C=O) groups is 1. The monoisotopic (exact) mass is 414 g/mol. The molecule has 8 heteroatoms. The minimum Gasteiger partial charge on any atom is -0.491 e. The van der Waals surface area contributed by atoms with Crippen molar-refractivity contribution in [3.05, 3.63) is 50.9 Å². The summed E-state index contributed by atoms with van der Waals surface area (Å²) >= 11 is 0. The Bertz CT molecular complexity index is 915. The second-order valence-corrected chi connectivity index (χ2v) is 7.47. The van der Waals surface area contributed by atoms with Crippen LogP contribution in [0.15, 0.2) is 23.0 Å². The molecule has 0 spiro atoms. The van der Waals surface area contributed by atoms with Gasteiger partial charge in [0.1, 0.15) is 12.4 Å². The number of rotatable bonds is 8. The fourth-order valence-electron chi connectivity index (χ4n) is 3.51. The number of ether oxygens (including phenoxy) is 2. The van der Waals surface area contributed by atoms with Crippen LogP contribution in [0.5, 0.6) is 5.75 Å². The molecule has 3 rings (SSSR count). The average molecular weight is 415 g/mol. The molecule has 1 aliphatic heterocycles. The lowest BCUT2D eigenvalue weighted by Gasteiger charge is -2.27. The van der Waals surface area contributed by atoms with Crippen molar-refractivity contribution in [2.24, 2.45) is 0 Å². The number of aryl methyl sites for hydroxylation is 3. The summed E-state index contributed by atoms with van der Waals surface area (Å²) in [6.07, 6.45) is 0.576. The Morgan fingerprint density at radius 1 is 1.23 bits per heavy atom. The zero-order valence-corrected chi connectivity index (χ0v) is 17.9. The maximum atomic E-state index is 12.5. The van der Waals surface area contributed by atoms with Crippen LogP contribution >= 0.6 is 0 Å². The Labute approximate surface area is 176 Å². The number of morpholine rings is 1. The lowest BCUT2D eigenvalue weighted by Crippen LogP contribution is -2.38.